The maximum absolute atomic E-state index is 15.2. The van der Waals surface area contributed by atoms with Crippen LogP contribution in [0, 0.1) is 47.3 Å². The molecule has 24 nitrogen and oxygen atoms in total. The van der Waals surface area contributed by atoms with Gasteiger partial charge in [-0.2, -0.15) is 61.5 Å². The number of halogens is 14. The van der Waals surface area contributed by atoms with Gasteiger partial charge in [-0.1, -0.05) is 19.7 Å². The first-order valence-corrected chi connectivity index (χ1v) is 41.4. The van der Waals surface area contributed by atoms with Gasteiger partial charge in [-0.15, -0.1) is 0 Å². The second kappa shape index (κ2) is 33.6. The van der Waals surface area contributed by atoms with Gasteiger partial charge in [0.15, 0.2) is 17.2 Å². The highest BCUT2D eigenvalue weighted by atomic mass is 19.4. The second-order valence-corrected chi connectivity index (χ2v) is 41.7. The molecule has 2 bridgehead atoms. The molecule has 0 aromatic carbocycles. The minimum atomic E-state index is -5.85. The summed E-state index contributed by atoms with van der Waals surface area (Å²) in [5, 5.41) is 61.0. The molecular weight excluding hydrogens is 1670 g/mol. The molecule has 123 heavy (non-hydrogen) atoms. The van der Waals surface area contributed by atoms with E-state index in [1.165, 1.54) is 41.5 Å². The average Bonchev–Trinajstić information content (AvgIpc) is 1.56. The number of ether oxygens (including phenoxy) is 15. The lowest BCUT2D eigenvalue weighted by molar-refractivity contribution is -0.412. The molecule has 23 unspecified atom stereocenters. The van der Waals surface area contributed by atoms with Gasteiger partial charge in [0.1, 0.15) is 18.3 Å². The van der Waals surface area contributed by atoms with Crippen LogP contribution >= 0.6 is 0 Å². The van der Waals surface area contributed by atoms with Crippen LogP contribution in [0.15, 0.2) is 36.5 Å². The van der Waals surface area contributed by atoms with Crippen molar-refractivity contribution in [3.63, 3.8) is 0 Å². The summed E-state index contributed by atoms with van der Waals surface area (Å²) in [6.45, 7) is 46.0. The van der Waals surface area contributed by atoms with E-state index in [4.69, 9.17) is 66.3 Å². The van der Waals surface area contributed by atoms with Crippen molar-refractivity contribution in [2.24, 2.45) is 47.3 Å². The third-order valence-electron chi connectivity index (χ3n) is 26.5. The van der Waals surface area contributed by atoms with Crippen molar-refractivity contribution < 1.29 is 178 Å². The standard InChI is InChI=1S/C29H45F3O8.C28H40F8O8.C28H45F3O8/c1-16(2)22(33)38-19-11-17-10-18(19)21(24(5,6)40-25(7)12-27(9,34)36-14-25)20(17)23(3,4)39-26(8)13-28(35,37-15-26)29(30,31)32;1-15(2)19(37)42-18-10-16(20(3,4)43-22(7)12-24(38,40-13-22)27(31,32)33)9-17(11-18)21(5,6)44-23(8)14-41-26(39,25(23,29)30)28(34,35)36;1-17(2)21(32)37-18-10-11-19(20(12-18)23(5,6)39-24(7)13-26(9,33)35-15-24)22(3,4)38-25(8)14-27(34,36-16-25)28(29,30)31/h17-21,34-35H,1,10-15H2,2-9H3;16-18,38-39H,1,9-14H2,2-8H3;18-20,33-34H,1,10-16H2,2-9H3. The van der Waals surface area contributed by atoms with Crippen molar-refractivity contribution >= 4 is 17.9 Å². The largest absolute Gasteiger partial charge is 0.459 e. The molecule has 6 saturated heterocycles. The zero-order chi connectivity index (χ0) is 94.4. The normalized spacial score (nSPS) is 40.8. The Morgan fingerprint density at radius 1 is 0.358 bits per heavy atom. The molecule has 4 aliphatic carbocycles. The fraction of sp³-hybridized carbons (Fsp3) is 0.894. The van der Waals surface area contributed by atoms with E-state index in [0.29, 0.717) is 38.2 Å². The number of hydrogen-bond acceptors (Lipinski definition) is 24. The van der Waals surface area contributed by atoms with Crippen molar-refractivity contribution in [3.8, 4) is 0 Å². The molecular formula is C85H130F14O24. The molecule has 6 aliphatic heterocycles. The summed E-state index contributed by atoms with van der Waals surface area (Å²) in [5.41, 5.74) is -14.8. The zero-order valence-corrected chi connectivity index (χ0v) is 74.7. The maximum Gasteiger partial charge on any atom is 0.449 e. The first kappa shape index (κ1) is 104. The third kappa shape index (κ3) is 22.2. The van der Waals surface area contributed by atoms with E-state index < -0.39 is 220 Å². The monoisotopic (exact) mass is 1800 g/mol. The van der Waals surface area contributed by atoms with Crippen LogP contribution in [0.4, 0.5) is 61.5 Å². The topological polar surface area (TPSA) is 311 Å². The lowest BCUT2D eigenvalue weighted by Gasteiger charge is -2.52. The SMILES string of the molecule is C=C(C)C(=O)OC1CC(C(C)(C)OC2(C)COC(O)(C(F)(F)F)C2)CC(C(C)(C)OC2(C)COC(O)(C(F)(F)F)C2(F)F)C1.C=C(C)C(=O)OC1CC2CC1C(C(C)(C)OC1(C)COC(C)(O)C1)C2C(C)(C)OC1(C)COC(O)(C(F)(F)F)C1.C=C(C)C(=O)OC1CCC(C(C)(C)OC2(C)COC(O)(C(F)(F)F)C2)C(C(C)(C)OC2(C)COC(C)(O)C2)C1. The fourth-order valence-corrected chi connectivity index (χ4v) is 21.5. The van der Waals surface area contributed by atoms with Crippen molar-refractivity contribution in [3.05, 3.63) is 36.5 Å². The molecule has 10 aliphatic rings. The average molecular weight is 1800 g/mol. The minimum absolute atomic E-state index is 0.0127. The van der Waals surface area contributed by atoms with E-state index in [0.717, 1.165) is 6.42 Å². The maximum atomic E-state index is 15.2. The van der Waals surface area contributed by atoms with Crippen molar-refractivity contribution in [1.29, 1.82) is 0 Å². The predicted octanol–water partition coefficient (Wildman–Crippen LogP) is 15.0. The Morgan fingerprint density at radius 3 is 1.04 bits per heavy atom. The van der Waals surface area contributed by atoms with E-state index >= 15 is 8.78 Å². The Morgan fingerprint density at radius 2 is 0.691 bits per heavy atom. The minimum Gasteiger partial charge on any atom is -0.459 e. The number of fused-ring (bicyclic) bond motifs is 2. The number of aliphatic hydroxyl groups is 6. The van der Waals surface area contributed by atoms with Gasteiger partial charge in [0.2, 0.25) is 0 Å². The van der Waals surface area contributed by atoms with Crippen molar-refractivity contribution in [2.75, 3.05) is 39.6 Å². The molecule has 0 amide bonds. The van der Waals surface area contributed by atoms with Gasteiger partial charge in [0, 0.05) is 54.7 Å². The Balaban J connectivity index is 0.000000229. The number of alkyl halides is 14. The number of esters is 3. The summed E-state index contributed by atoms with van der Waals surface area (Å²) in [6.07, 6.45) is -21.4. The van der Waals surface area contributed by atoms with E-state index in [-0.39, 0.29) is 98.1 Å². The van der Waals surface area contributed by atoms with E-state index in [9.17, 15) is 97.7 Å². The van der Waals surface area contributed by atoms with Gasteiger partial charge >= 0.3 is 54.3 Å². The number of carbonyl (C=O) groups is 3. The molecule has 38 heteroatoms. The van der Waals surface area contributed by atoms with E-state index in [1.54, 1.807) is 41.5 Å². The Labute approximate surface area is 710 Å². The van der Waals surface area contributed by atoms with Crippen LogP contribution in [0.25, 0.3) is 0 Å². The molecule has 10 rings (SSSR count). The molecule has 6 N–H and O–H groups in total. The second-order valence-electron chi connectivity index (χ2n) is 41.7. The summed E-state index contributed by atoms with van der Waals surface area (Å²) in [7, 11) is 0. The number of rotatable bonds is 24. The summed E-state index contributed by atoms with van der Waals surface area (Å²) in [4.78, 5) is 37.2. The molecule has 712 valence electrons. The van der Waals surface area contributed by atoms with Crippen LogP contribution in [0.1, 0.15) is 243 Å². The lowest BCUT2D eigenvalue weighted by atomic mass is 9.64. The first-order chi connectivity index (χ1) is 54.8. The zero-order valence-electron chi connectivity index (χ0n) is 74.7. The molecule has 23 atom stereocenters. The van der Waals surface area contributed by atoms with Gasteiger partial charge in [-0.05, 0) is 252 Å². The van der Waals surface area contributed by atoms with Gasteiger partial charge in [-0.25, -0.2) is 14.4 Å². The molecule has 6 heterocycles. The van der Waals surface area contributed by atoms with Crippen LogP contribution in [0.3, 0.4) is 0 Å². The third-order valence-corrected chi connectivity index (χ3v) is 26.5. The summed E-state index contributed by atoms with van der Waals surface area (Å²) < 4.78 is 277. The first-order valence-electron chi connectivity index (χ1n) is 41.4. The highest BCUT2D eigenvalue weighted by molar-refractivity contribution is 5.88. The summed E-state index contributed by atoms with van der Waals surface area (Å²) in [6, 6.07) is 0. The van der Waals surface area contributed by atoms with Crippen LogP contribution < -0.4 is 0 Å². The van der Waals surface area contributed by atoms with Gasteiger partial charge in [-0.3, -0.25) is 0 Å². The highest BCUT2D eigenvalue weighted by Crippen LogP contribution is 2.64. The smallest absolute Gasteiger partial charge is 0.449 e. The summed E-state index contributed by atoms with van der Waals surface area (Å²) in [5.74, 6) is -26.5. The Kier molecular flexibility index (Phi) is 28.5. The Hall–Kier alpha value is -4.07. The Bertz CT molecular complexity index is 3860. The number of hydrogen-bond donors (Lipinski definition) is 6. The van der Waals surface area contributed by atoms with Crippen LogP contribution in [-0.2, 0) is 85.4 Å². The fourth-order valence-electron chi connectivity index (χ4n) is 21.5. The lowest BCUT2D eigenvalue weighted by Crippen LogP contribution is -2.64. The molecule has 4 saturated carbocycles. The van der Waals surface area contributed by atoms with Gasteiger partial charge in [0.25, 0.3) is 17.4 Å². The molecule has 0 spiro atoms. The van der Waals surface area contributed by atoms with Crippen molar-refractivity contribution in [1.82, 2.24) is 0 Å². The van der Waals surface area contributed by atoms with E-state index in [1.807, 2.05) is 69.2 Å². The quantitative estimate of drug-likeness (QED) is 0.0226. The number of carbonyl (C=O) groups excluding carboxylic acids is 3. The van der Waals surface area contributed by atoms with Gasteiger partial charge < -0.3 is 102 Å². The molecule has 0 aromatic rings. The van der Waals surface area contributed by atoms with E-state index in [2.05, 4.69) is 24.5 Å². The molecule has 0 radical (unpaired) electrons. The summed E-state index contributed by atoms with van der Waals surface area (Å²) >= 11 is 0. The van der Waals surface area contributed by atoms with Crippen LogP contribution in [0.2, 0.25) is 0 Å². The molecule has 0 aromatic heterocycles. The van der Waals surface area contributed by atoms with Crippen LogP contribution in [-0.4, -0.2) is 239 Å². The van der Waals surface area contributed by atoms with Crippen molar-refractivity contribution in [2.45, 2.75) is 394 Å². The van der Waals surface area contributed by atoms with Crippen LogP contribution in [0.5, 0.6) is 0 Å². The predicted molar refractivity (Wildman–Crippen MR) is 409 cm³/mol. The van der Waals surface area contributed by atoms with Gasteiger partial charge in [0.05, 0.1) is 101 Å². The molecule has 10 fully saturated rings. The highest BCUT2D eigenvalue weighted by Gasteiger charge is 2.83.